The smallest absolute Gasteiger partial charge is 0.191 e. The Morgan fingerprint density at radius 3 is 2.87 bits per heavy atom. The van der Waals surface area contributed by atoms with E-state index in [1.807, 2.05) is 12.1 Å². The zero-order valence-corrected chi connectivity index (χ0v) is 16.1. The lowest BCUT2D eigenvalue weighted by atomic mass is 10.1. The number of furan rings is 1. The van der Waals surface area contributed by atoms with Crippen LogP contribution < -0.4 is 10.6 Å². The molecule has 0 bridgehead atoms. The predicted octanol–water partition coefficient (Wildman–Crippen LogP) is 2.54. The molecule has 0 aromatic carbocycles. The Labute approximate surface area is 155 Å². The van der Waals surface area contributed by atoms with Gasteiger partial charge in [0.05, 0.1) is 12.4 Å². The van der Waals surface area contributed by atoms with Gasteiger partial charge in [0, 0.05) is 32.9 Å². The summed E-state index contributed by atoms with van der Waals surface area (Å²) in [7, 11) is 0. The molecule has 23 heavy (non-hydrogen) atoms. The predicted molar refractivity (Wildman–Crippen MR) is 101 cm³/mol. The fraction of sp³-hybridized carbons (Fsp3) is 0.688. The number of nitrogens with one attached hydrogen (secondary N) is 2. The van der Waals surface area contributed by atoms with Crippen LogP contribution in [0, 0.1) is 0 Å². The van der Waals surface area contributed by atoms with Crippen LogP contribution in [-0.2, 0) is 16.0 Å². The van der Waals surface area contributed by atoms with Gasteiger partial charge in [0.15, 0.2) is 5.96 Å². The van der Waals surface area contributed by atoms with Gasteiger partial charge in [0.2, 0.25) is 0 Å². The molecule has 1 aromatic rings. The summed E-state index contributed by atoms with van der Waals surface area (Å²) in [5, 5.41) is 6.54. The van der Waals surface area contributed by atoms with Gasteiger partial charge in [-0.25, -0.2) is 4.99 Å². The van der Waals surface area contributed by atoms with E-state index in [1.165, 1.54) is 0 Å². The fourth-order valence-electron chi connectivity index (χ4n) is 2.27. The van der Waals surface area contributed by atoms with Crippen LogP contribution in [0.15, 0.2) is 27.8 Å². The lowest BCUT2D eigenvalue weighted by molar-refractivity contribution is -0.0320. The molecule has 0 radical (unpaired) electrons. The van der Waals surface area contributed by atoms with Crippen LogP contribution in [0.2, 0.25) is 0 Å². The van der Waals surface area contributed by atoms with Crippen molar-refractivity contribution in [3.63, 3.8) is 0 Å². The molecule has 1 saturated heterocycles. The minimum atomic E-state index is 0. The van der Waals surface area contributed by atoms with E-state index in [2.05, 4.69) is 22.5 Å². The highest BCUT2D eigenvalue weighted by Crippen LogP contribution is 2.10. The Bertz CT molecular complexity index is 420. The summed E-state index contributed by atoms with van der Waals surface area (Å²) >= 11 is 0. The zero-order chi connectivity index (χ0) is 15.5. The second-order valence-electron chi connectivity index (χ2n) is 5.24. The number of halogens is 1. The molecule has 0 spiro atoms. The number of hydrogen-bond donors (Lipinski definition) is 2. The number of aliphatic imine (C=N–C) groups is 1. The Morgan fingerprint density at radius 2 is 2.17 bits per heavy atom. The quantitative estimate of drug-likeness (QED) is 0.283. The zero-order valence-electron chi connectivity index (χ0n) is 13.8. The molecule has 0 saturated carbocycles. The van der Waals surface area contributed by atoms with E-state index in [4.69, 9.17) is 13.9 Å². The number of hydrogen-bond acceptors (Lipinski definition) is 4. The van der Waals surface area contributed by atoms with E-state index >= 15 is 0 Å². The second-order valence-corrected chi connectivity index (χ2v) is 5.24. The first-order valence-electron chi connectivity index (χ1n) is 8.12. The van der Waals surface area contributed by atoms with Crippen LogP contribution >= 0.6 is 24.0 Å². The molecule has 7 heteroatoms. The summed E-state index contributed by atoms with van der Waals surface area (Å²) in [6.07, 6.45) is 5.03. The molecule has 6 nitrogen and oxygen atoms in total. The molecule has 2 N–H and O–H groups in total. The van der Waals surface area contributed by atoms with Crippen LogP contribution in [0.1, 0.15) is 31.9 Å². The molecule has 1 aromatic heterocycles. The number of ether oxygens (including phenoxy) is 2. The maximum absolute atomic E-state index is 5.85. The molecule has 0 unspecified atom stereocenters. The van der Waals surface area contributed by atoms with Crippen molar-refractivity contribution in [1.82, 2.24) is 10.6 Å². The average Bonchev–Trinajstić information content (AvgIpc) is 3.06. The van der Waals surface area contributed by atoms with Gasteiger partial charge in [-0.2, -0.15) is 0 Å². The lowest BCUT2D eigenvalue weighted by Crippen LogP contribution is -2.38. The first-order valence-corrected chi connectivity index (χ1v) is 8.12. The minimum absolute atomic E-state index is 0. The maximum atomic E-state index is 5.85. The van der Waals surface area contributed by atoms with Gasteiger partial charge >= 0.3 is 0 Å². The third-order valence-electron chi connectivity index (χ3n) is 3.45. The van der Waals surface area contributed by atoms with Crippen molar-refractivity contribution >= 4 is 29.9 Å². The van der Waals surface area contributed by atoms with Gasteiger partial charge in [-0.15, -0.1) is 24.0 Å². The van der Waals surface area contributed by atoms with Gasteiger partial charge in [0.25, 0.3) is 0 Å². The van der Waals surface area contributed by atoms with Gasteiger partial charge in [-0.05, 0) is 38.3 Å². The largest absolute Gasteiger partial charge is 0.467 e. The minimum Gasteiger partial charge on any atom is -0.467 e. The van der Waals surface area contributed by atoms with E-state index in [1.54, 1.807) is 6.26 Å². The molecule has 132 valence electrons. The SMILES string of the molecule is CCNC(=NCc1ccco1)NCCCOC1CCOCC1.I. The van der Waals surface area contributed by atoms with Gasteiger partial charge in [-0.1, -0.05) is 0 Å². The van der Waals surface area contributed by atoms with Crippen molar-refractivity contribution in [2.75, 3.05) is 32.9 Å². The standard InChI is InChI=1S/C16H27N3O3.HI/c1-2-17-16(19-13-15-5-3-9-22-15)18-8-4-10-21-14-6-11-20-12-7-14;/h3,5,9,14H,2,4,6-8,10-13H2,1H3,(H2,17,18,19);1H. The highest BCUT2D eigenvalue weighted by molar-refractivity contribution is 14.0. The summed E-state index contributed by atoms with van der Waals surface area (Å²) < 4.78 is 16.4. The van der Waals surface area contributed by atoms with Crippen LogP contribution in [0.25, 0.3) is 0 Å². The van der Waals surface area contributed by atoms with Crippen molar-refractivity contribution in [2.45, 2.75) is 38.8 Å². The van der Waals surface area contributed by atoms with Crippen molar-refractivity contribution in [3.05, 3.63) is 24.2 Å². The summed E-state index contributed by atoms with van der Waals surface area (Å²) in [4.78, 5) is 4.49. The van der Waals surface area contributed by atoms with Gasteiger partial charge in [0.1, 0.15) is 12.3 Å². The van der Waals surface area contributed by atoms with Crippen LogP contribution in [0.4, 0.5) is 0 Å². The van der Waals surface area contributed by atoms with Crippen molar-refractivity contribution in [2.24, 2.45) is 4.99 Å². The molecule has 0 amide bonds. The second kappa shape index (κ2) is 12.6. The van der Waals surface area contributed by atoms with Gasteiger partial charge in [-0.3, -0.25) is 0 Å². The molecule has 2 heterocycles. The van der Waals surface area contributed by atoms with E-state index in [-0.39, 0.29) is 24.0 Å². The molecule has 2 rings (SSSR count). The first kappa shape index (κ1) is 20.2. The Morgan fingerprint density at radius 1 is 1.35 bits per heavy atom. The third-order valence-corrected chi connectivity index (χ3v) is 3.45. The molecular weight excluding hydrogens is 409 g/mol. The highest BCUT2D eigenvalue weighted by Gasteiger charge is 2.13. The summed E-state index contributed by atoms with van der Waals surface area (Å²) in [6, 6.07) is 3.80. The monoisotopic (exact) mass is 437 g/mol. The number of nitrogens with zero attached hydrogens (tertiary/aromatic N) is 1. The van der Waals surface area contributed by atoms with Crippen LogP contribution in [-0.4, -0.2) is 45.0 Å². The molecule has 0 aliphatic carbocycles. The number of rotatable bonds is 8. The van der Waals surface area contributed by atoms with Crippen LogP contribution in [0.5, 0.6) is 0 Å². The first-order chi connectivity index (χ1) is 10.9. The molecule has 0 atom stereocenters. The summed E-state index contributed by atoms with van der Waals surface area (Å²) in [6.45, 7) is 6.70. The van der Waals surface area contributed by atoms with E-state index in [0.29, 0.717) is 12.6 Å². The average molecular weight is 437 g/mol. The van der Waals surface area contributed by atoms with E-state index in [0.717, 1.165) is 63.9 Å². The Hall–Kier alpha value is -0.800. The number of guanidine groups is 1. The normalized spacial score (nSPS) is 16.0. The van der Waals surface area contributed by atoms with E-state index in [9.17, 15) is 0 Å². The fourth-order valence-corrected chi connectivity index (χ4v) is 2.27. The summed E-state index contributed by atoms with van der Waals surface area (Å²) in [5.74, 6) is 1.67. The molecule has 1 aliphatic rings. The highest BCUT2D eigenvalue weighted by atomic mass is 127. The maximum Gasteiger partial charge on any atom is 0.191 e. The van der Waals surface area contributed by atoms with Gasteiger partial charge < -0.3 is 24.5 Å². The third kappa shape index (κ3) is 8.57. The van der Waals surface area contributed by atoms with Crippen molar-refractivity contribution < 1.29 is 13.9 Å². The van der Waals surface area contributed by atoms with E-state index < -0.39 is 0 Å². The molecule has 1 aliphatic heterocycles. The molecule has 1 fully saturated rings. The Kier molecular flexibility index (Phi) is 11.1. The Balaban J connectivity index is 0.00000264. The summed E-state index contributed by atoms with van der Waals surface area (Å²) in [5.41, 5.74) is 0. The topological polar surface area (TPSA) is 68.0 Å². The van der Waals surface area contributed by atoms with Crippen molar-refractivity contribution in [1.29, 1.82) is 0 Å². The lowest BCUT2D eigenvalue weighted by Gasteiger charge is -2.22. The molecular formula is C16H28IN3O3. The van der Waals surface area contributed by atoms with Crippen LogP contribution in [0.3, 0.4) is 0 Å². The van der Waals surface area contributed by atoms with Crippen molar-refractivity contribution in [3.8, 4) is 0 Å².